The third-order valence-electron chi connectivity index (χ3n) is 2.60. The van der Waals surface area contributed by atoms with Crippen LogP contribution in [-0.2, 0) is 6.42 Å². The van der Waals surface area contributed by atoms with E-state index in [2.05, 4.69) is 0 Å². The Morgan fingerprint density at radius 1 is 1.12 bits per heavy atom. The van der Waals surface area contributed by atoms with Gasteiger partial charge in [0.25, 0.3) is 0 Å². The Kier molecular flexibility index (Phi) is 3.28. The predicted octanol–water partition coefficient (Wildman–Crippen LogP) is 3.13. The van der Waals surface area contributed by atoms with E-state index in [-0.39, 0.29) is 5.75 Å². The Hall–Kier alpha value is -2.03. The quantitative estimate of drug-likeness (QED) is 0.881. The lowest BCUT2D eigenvalue weighted by Crippen LogP contribution is -1.90. The van der Waals surface area contributed by atoms with Gasteiger partial charge in [0.1, 0.15) is 17.3 Å². The van der Waals surface area contributed by atoms with Crippen molar-refractivity contribution in [2.45, 2.75) is 6.42 Å². The van der Waals surface area contributed by atoms with Gasteiger partial charge in [-0.15, -0.1) is 0 Å². The van der Waals surface area contributed by atoms with Crippen LogP contribution < -0.4 is 4.74 Å². The molecule has 0 aliphatic carbocycles. The minimum Gasteiger partial charge on any atom is -0.508 e. The van der Waals surface area contributed by atoms with Crippen LogP contribution in [-0.4, -0.2) is 12.2 Å². The third-order valence-corrected chi connectivity index (χ3v) is 2.60. The minimum atomic E-state index is -0.430. The first-order valence-corrected chi connectivity index (χ1v) is 5.29. The summed E-state index contributed by atoms with van der Waals surface area (Å²) in [6, 6.07) is 11.6. The molecule has 1 N–H and O–H groups in total. The molecule has 0 spiro atoms. The van der Waals surface area contributed by atoms with Crippen LogP contribution in [0.2, 0.25) is 0 Å². The van der Waals surface area contributed by atoms with Crippen molar-refractivity contribution in [2.24, 2.45) is 0 Å². The average Bonchev–Trinajstić information content (AvgIpc) is 2.34. The van der Waals surface area contributed by atoms with E-state index in [1.54, 1.807) is 13.2 Å². The largest absolute Gasteiger partial charge is 0.508 e. The van der Waals surface area contributed by atoms with E-state index in [0.717, 1.165) is 17.4 Å². The number of phenolic OH excluding ortho intramolecular Hbond substituents is 1. The van der Waals surface area contributed by atoms with Crippen LogP contribution in [0.15, 0.2) is 42.5 Å². The second kappa shape index (κ2) is 4.87. The smallest absolute Gasteiger partial charge is 0.126 e. The van der Waals surface area contributed by atoms with Crippen molar-refractivity contribution in [1.29, 1.82) is 0 Å². The predicted molar refractivity (Wildman–Crippen MR) is 63.9 cm³/mol. The zero-order chi connectivity index (χ0) is 12.3. The molecule has 88 valence electrons. The van der Waals surface area contributed by atoms with E-state index < -0.39 is 5.82 Å². The van der Waals surface area contributed by atoms with Gasteiger partial charge >= 0.3 is 0 Å². The van der Waals surface area contributed by atoms with E-state index >= 15 is 0 Å². The zero-order valence-electron chi connectivity index (χ0n) is 9.48. The van der Waals surface area contributed by atoms with Gasteiger partial charge in [-0.3, -0.25) is 0 Å². The second-order valence-corrected chi connectivity index (χ2v) is 3.80. The number of rotatable bonds is 3. The molecule has 0 saturated heterocycles. The molecule has 0 amide bonds. The number of hydrogen-bond donors (Lipinski definition) is 1. The summed E-state index contributed by atoms with van der Waals surface area (Å²) in [6.45, 7) is 0. The Bertz CT molecular complexity index is 506. The highest BCUT2D eigenvalue weighted by Gasteiger charge is 2.04. The number of aromatic hydroxyl groups is 1. The maximum atomic E-state index is 12.8. The van der Waals surface area contributed by atoms with Crippen LogP contribution >= 0.6 is 0 Å². The fraction of sp³-hybridized carbons (Fsp3) is 0.143. The van der Waals surface area contributed by atoms with Crippen molar-refractivity contribution >= 4 is 0 Å². The summed E-state index contributed by atoms with van der Waals surface area (Å²) in [4.78, 5) is 0. The molecule has 0 unspecified atom stereocenters. The first-order valence-electron chi connectivity index (χ1n) is 5.29. The van der Waals surface area contributed by atoms with Crippen molar-refractivity contribution in [3.05, 3.63) is 59.4 Å². The molecule has 2 aromatic rings. The maximum Gasteiger partial charge on any atom is 0.126 e. The second-order valence-electron chi connectivity index (χ2n) is 3.80. The van der Waals surface area contributed by atoms with Gasteiger partial charge in [-0.1, -0.05) is 18.2 Å². The van der Waals surface area contributed by atoms with Gasteiger partial charge < -0.3 is 9.84 Å². The minimum absolute atomic E-state index is 0.0131. The maximum absolute atomic E-state index is 12.8. The molecule has 0 aliphatic heterocycles. The molecule has 0 heterocycles. The molecule has 0 aromatic heterocycles. The fourth-order valence-electron chi connectivity index (χ4n) is 1.65. The highest BCUT2D eigenvalue weighted by molar-refractivity contribution is 5.38. The van der Waals surface area contributed by atoms with Gasteiger partial charge in [0.15, 0.2) is 0 Å². The van der Waals surface area contributed by atoms with Gasteiger partial charge in [0.2, 0.25) is 0 Å². The summed E-state index contributed by atoms with van der Waals surface area (Å²) in [5.41, 5.74) is 1.74. The number of methoxy groups -OCH3 is 1. The van der Waals surface area contributed by atoms with Crippen molar-refractivity contribution in [3.8, 4) is 11.5 Å². The van der Waals surface area contributed by atoms with Crippen LogP contribution in [0.5, 0.6) is 11.5 Å². The Morgan fingerprint density at radius 2 is 1.82 bits per heavy atom. The molecular weight excluding hydrogens is 219 g/mol. The molecule has 0 saturated carbocycles. The summed E-state index contributed by atoms with van der Waals surface area (Å²) < 4.78 is 17.9. The van der Waals surface area contributed by atoms with Crippen LogP contribution in [0.4, 0.5) is 4.39 Å². The molecule has 0 bridgehead atoms. The molecule has 0 radical (unpaired) electrons. The highest BCUT2D eigenvalue weighted by Crippen LogP contribution is 2.22. The zero-order valence-corrected chi connectivity index (χ0v) is 9.48. The topological polar surface area (TPSA) is 29.5 Å². The standard InChI is InChI=1S/C14H13FO2/c1-17-13-6-2-10(3-7-13)8-11-4-5-12(15)9-14(11)16/h2-7,9,16H,8H2,1H3. The molecule has 0 atom stereocenters. The molecule has 17 heavy (non-hydrogen) atoms. The van der Waals surface area contributed by atoms with E-state index in [9.17, 15) is 9.50 Å². The molecule has 3 heteroatoms. The van der Waals surface area contributed by atoms with Crippen LogP contribution in [0.25, 0.3) is 0 Å². The van der Waals surface area contributed by atoms with E-state index in [0.29, 0.717) is 12.0 Å². The van der Waals surface area contributed by atoms with Crippen molar-refractivity contribution in [2.75, 3.05) is 7.11 Å². The van der Waals surface area contributed by atoms with Gasteiger partial charge in [-0.25, -0.2) is 4.39 Å². The lowest BCUT2D eigenvalue weighted by Gasteiger charge is -2.06. The summed E-state index contributed by atoms with van der Waals surface area (Å²) >= 11 is 0. The lowest BCUT2D eigenvalue weighted by atomic mass is 10.0. The Labute approximate surface area is 99.3 Å². The number of benzene rings is 2. The summed E-state index contributed by atoms with van der Waals surface area (Å²) in [7, 11) is 1.61. The van der Waals surface area contributed by atoms with Crippen LogP contribution in [0.1, 0.15) is 11.1 Å². The fourth-order valence-corrected chi connectivity index (χ4v) is 1.65. The molecule has 0 aliphatic rings. The van der Waals surface area contributed by atoms with E-state index in [4.69, 9.17) is 4.74 Å². The van der Waals surface area contributed by atoms with E-state index in [1.807, 2.05) is 24.3 Å². The molecular formula is C14H13FO2. The van der Waals surface area contributed by atoms with Crippen molar-refractivity contribution < 1.29 is 14.2 Å². The van der Waals surface area contributed by atoms with Gasteiger partial charge in [-0.05, 0) is 29.3 Å². The summed E-state index contributed by atoms with van der Waals surface area (Å²) in [5, 5.41) is 9.59. The van der Waals surface area contributed by atoms with Crippen molar-refractivity contribution in [1.82, 2.24) is 0 Å². The summed E-state index contributed by atoms with van der Waals surface area (Å²) in [6.07, 6.45) is 0.566. The SMILES string of the molecule is COc1ccc(Cc2ccc(F)cc2O)cc1. The normalized spacial score (nSPS) is 10.2. The highest BCUT2D eigenvalue weighted by atomic mass is 19.1. The molecule has 2 aromatic carbocycles. The molecule has 0 fully saturated rings. The Balaban J connectivity index is 2.19. The van der Waals surface area contributed by atoms with Crippen LogP contribution in [0.3, 0.4) is 0 Å². The van der Waals surface area contributed by atoms with Gasteiger partial charge in [-0.2, -0.15) is 0 Å². The third kappa shape index (κ3) is 2.75. The Morgan fingerprint density at radius 3 is 2.41 bits per heavy atom. The number of halogens is 1. The monoisotopic (exact) mass is 232 g/mol. The van der Waals surface area contributed by atoms with Gasteiger partial charge in [0, 0.05) is 12.5 Å². The van der Waals surface area contributed by atoms with Crippen LogP contribution in [0, 0.1) is 5.82 Å². The number of phenols is 1. The van der Waals surface area contributed by atoms with Gasteiger partial charge in [0.05, 0.1) is 7.11 Å². The first kappa shape index (κ1) is 11.5. The first-order chi connectivity index (χ1) is 8.19. The number of hydrogen-bond acceptors (Lipinski definition) is 2. The molecule has 2 rings (SSSR count). The average molecular weight is 232 g/mol. The number of ether oxygens (including phenoxy) is 1. The van der Waals surface area contributed by atoms with E-state index in [1.165, 1.54) is 6.07 Å². The molecule has 2 nitrogen and oxygen atoms in total. The lowest BCUT2D eigenvalue weighted by molar-refractivity contribution is 0.414. The van der Waals surface area contributed by atoms with Crippen molar-refractivity contribution in [3.63, 3.8) is 0 Å². The summed E-state index contributed by atoms with van der Waals surface area (Å²) in [5.74, 6) is 0.346.